The number of hydrogen-bond acceptors (Lipinski definition) is 2. The zero-order valence-corrected chi connectivity index (χ0v) is 10.0. The van der Waals surface area contributed by atoms with Gasteiger partial charge in [-0.05, 0) is 18.1 Å². The van der Waals surface area contributed by atoms with Gasteiger partial charge >= 0.3 is 5.97 Å². The highest BCUT2D eigenvalue weighted by Gasteiger charge is 2.07. The summed E-state index contributed by atoms with van der Waals surface area (Å²) in [6.07, 6.45) is 3.46. The number of carbonyl (C=O) groups excluding carboxylic acids is 1. The van der Waals surface area contributed by atoms with E-state index < -0.39 is 5.97 Å². The van der Waals surface area contributed by atoms with E-state index in [1.807, 2.05) is 37.3 Å². The fraction of sp³-hybridized carbons (Fsp3) is 0.308. The molecule has 1 rings (SSSR count). The van der Waals surface area contributed by atoms with Crippen molar-refractivity contribution in [2.24, 2.45) is 0 Å². The lowest BCUT2D eigenvalue weighted by molar-refractivity contribution is -0.138. The second-order valence-corrected chi connectivity index (χ2v) is 3.80. The molecule has 1 aromatic carbocycles. The average molecular weight is 239 g/mol. The molecule has 0 unspecified atom stereocenters. The number of halogens is 1. The van der Waals surface area contributed by atoms with Gasteiger partial charge in [-0.2, -0.15) is 0 Å². The largest absolute Gasteiger partial charge is 0.461 e. The monoisotopic (exact) mass is 238 g/mol. The smallest absolute Gasteiger partial charge is 0.349 e. The third kappa shape index (κ3) is 4.49. The first-order valence-electron chi connectivity index (χ1n) is 5.33. The lowest BCUT2D eigenvalue weighted by Gasteiger charge is -2.02. The van der Waals surface area contributed by atoms with Crippen LogP contribution in [-0.2, 0) is 9.53 Å². The second-order valence-electron chi connectivity index (χ2n) is 3.39. The van der Waals surface area contributed by atoms with Crippen molar-refractivity contribution in [2.45, 2.75) is 19.8 Å². The molecule has 0 aliphatic carbocycles. The number of hydrogen-bond donors (Lipinski definition) is 0. The van der Waals surface area contributed by atoms with Crippen molar-refractivity contribution in [1.29, 1.82) is 0 Å². The van der Waals surface area contributed by atoms with Crippen LogP contribution in [0.25, 0.3) is 6.08 Å². The molecule has 0 N–H and O–H groups in total. The number of rotatable bonds is 5. The van der Waals surface area contributed by atoms with Crippen LogP contribution in [0.3, 0.4) is 0 Å². The molecule has 0 aliphatic heterocycles. The number of carbonyl (C=O) groups is 1. The number of ether oxygens (including phenoxy) is 1. The summed E-state index contributed by atoms with van der Waals surface area (Å²) in [7, 11) is 0. The highest BCUT2D eigenvalue weighted by molar-refractivity contribution is 6.43. The van der Waals surface area contributed by atoms with Gasteiger partial charge in [0, 0.05) is 0 Å². The van der Waals surface area contributed by atoms with E-state index in [2.05, 4.69) is 0 Å². The zero-order valence-electron chi connectivity index (χ0n) is 9.28. The third-order valence-corrected chi connectivity index (χ3v) is 2.28. The molecule has 3 heteroatoms. The summed E-state index contributed by atoms with van der Waals surface area (Å²) in [6.45, 7) is 2.46. The Bertz CT molecular complexity index is 357. The maximum atomic E-state index is 11.4. The summed E-state index contributed by atoms with van der Waals surface area (Å²) >= 11 is 5.83. The van der Waals surface area contributed by atoms with E-state index in [0.29, 0.717) is 6.61 Å². The van der Waals surface area contributed by atoms with Gasteiger partial charge in [0.15, 0.2) is 0 Å². The SMILES string of the molecule is CCCCOC(=O)/C(Cl)=C/c1ccccc1. The van der Waals surface area contributed by atoms with Crippen LogP contribution in [0.4, 0.5) is 0 Å². The van der Waals surface area contributed by atoms with Crippen molar-refractivity contribution in [2.75, 3.05) is 6.61 Å². The summed E-state index contributed by atoms with van der Waals surface area (Å²) in [5.74, 6) is -0.459. The molecular formula is C13H15ClO2. The van der Waals surface area contributed by atoms with Crippen molar-refractivity contribution in [3.63, 3.8) is 0 Å². The van der Waals surface area contributed by atoms with E-state index >= 15 is 0 Å². The normalized spacial score (nSPS) is 11.2. The van der Waals surface area contributed by atoms with Crippen LogP contribution in [0.1, 0.15) is 25.3 Å². The molecule has 0 bridgehead atoms. The van der Waals surface area contributed by atoms with Crippen LogP contribution in [0.2, 0.25) is 0 Å². The summed E-state index contributed by atoms with van der Waals surface area (Å²) in [6, 6.07) is 9.44. The molecule has 1 aromatic rings. The minimum atomic E-state index is -0.459. The topological polar surface area (TPSA) is 26.3 Å². The molecule has 0 aromatic heterocycles. The van der Waals surface area contributed by atoms with Gasteiger partial charge in [-0.25, -0.2) is 4.79 Å². The van der Waals surface area contributed by atoms with E-state index in [0.717, 1.165) is 18.4 Å². The predicted octanol–water partition coefficient (Wildman–Crippen LogP) is 3.61. The van der Waals surface area contributed by atoms with Crippen molar-refractivity contribution < 1.29 is 9.53 Å². The Morgan fingerprint density at radius 3 is 2.69 bits per heavy atom. The standard InChI is InChI=1S/C13H15ClO2/c1-2-3-9-16-13(15)12(14)10-11-7-5-4-6-8-11/h4-8,10H,2-3,9H2,1H3/b12-10-. The Labute approximate surface area is 101 Å². The van der Waals surface area contributed by atoms with Crippen LogP contribution in [0.15, 0.2) is 35.4 Å². The second kappa shape index (κ2) is 7.07. The Morgan fingerprint density at radius 2 is 2.06 bits per heavy atom. The number of benzene rings is 1. The zero-order chi connectivity index (χ0) is 11.8. The van der Waals surface area contributed by atoms with E-state index in [9.17, 15) is 4.79 Å². The molecule has 0 aliphatic rings. The number of unbranched alkanes of at least 4 members (excludes halogenated alkanes) is 1. The van der Waals surface area contributed by atoms with Gasteiger partial charge in [0.2, 0.25) is 0 Å². The lowest BCUT2D eigenvalue weighted by Crippen LogP contribution is -2.05. The first-order valence-corrected chi connectivity index (χ1v) is 5.71. The highest BCUT2D eigenvalue weighted by atomic mass is 35.5. The maximum Gasteiger partial charge on any atom is 0.349 e. The molecule has 0 radical (unpaired) electrons. The Kier molecular flexibility index (Phi) is 5.65. The van der Waals surface area contributed by atoms with E-state index in [-0.39, 0.29) is 5.03 Å². The number of esters is 1. The Hall–Kier alpha value is -1.28. The van der Waals surface area contributed by atoms with Gasteiger partial charge in [0.05, 0.1) is 6.61 Å². The lowest BCUT2D eigenvalue weighted by atomic mass is 10.2. The maximum absolute atomic E-state index is 11.4. The molecule has 0 spiro atoms. The first kappa shape index (κ1) is 12.8. The fourth-order valence-electron chi connectivity index (χ4n) is 1.13. The predicted molar refractivity (Wildman–Crippen MR) is 66.1 cm³/mol. The van der Waals surface area contributed by atoms with Gasteiger partial charge in [0.1, 0.15) is 5.03 Å². The highest BCUT2D eigenvalue weighted by Crippen LogP contribution is 2.11. The van der Waals surface area contributed by atoms with Crippen molar-refractivity contribution >= 4 is 23.6 Å². The average Bonchev–Trinajstić information content (AvgIpc) is 2.30. The van der Waals surface area contributed by atoms with Crippen LogP contribution >= 0.6 is 11.6 Å². The summed E-state index contributed by atoms with van der Waals surface area (Å²) in [5.41, 5.74) is 0.889. The summed E-state index contributed by atoms with van der Waals surface area (Å²) in [5, 5.41) is 0.113. The third-order valence-electron chi connectivity index (χ3n) is 2.02. The molecule has 0 saturated heterocycles. The molecular weight excluding hydrogens is 224 g/mol. The molecule has 0 atom stereocenters. The van der Waals surface area contributed by atoms with Crippen LogP contribution in [-0.4, -0.2) is 12.6 Å². The first-order chi connectivity index (χ1) is 7.74. The van der Waals surface area contributed by atoms with Gasteiger partial charge in [0.25, 0.3) is 0 Å². The van der Waals surface area contributed by atoms with Gasteiger partial charge in [-0.15, -0.1) is 0 Å². The minimum absolute atomic E-state index is 0.113. The minimum Gasteiger partial charge on any atom is -0.461 e. The molecule has 16 heavy (non-hydrogen) atoms. The molecule has 0 saturated carbocycles. The van der Waals surface area contributed by atoms with Crippen LogP contribution in [0.5, 0.6) is 0 Å². The van der Waals surface area contributed by atoms with Crippen molar-refractivity contribution in [1.82, 2.24) is 0 Å². The molecule has 86 valence electrons. The van der Waals surface area contributed by atoms with Crippen LogP contribution < -0.4 is 0 Å². The molecule has 2 nitrogen and oxygen atoms in total. The summed E-state index contributed by atoms with van der Waals surface area (Å²) < 4.78 is 4.98. The molecule has 0 heterocycles. The quantitative estimate of drug-likeness (QED) is 0.445. The molecule has 0 fully saturated rings. The molecule has 0 amide bonds. The van der Waals surface area contributed by atoms with E-state index in [1.165, 1.54) is 0 Å². The van der Waals surface area contributed by atoms with Gasteiger partial charge in [-0.3, -0.25) is 0 Å². The van der Waals surface area contributed by atoms with E-state index in [1.54, 1.807) is 6.08 Å². The Balaban J connectivity index is 2.53. The van der Waals surface area contributed by atoms with Crippen molar-refractivity contribution in [3.05, 3.63) is 40.9 Å². The summed E-state index contributed by atoms with van der Waals surface area (Å²) in [4.78, 5) is 11.4. The van der Waals surface area contributed by atoms with Crippen LogP contribution in [0, 0.1) is 0 Å². The van der Waals surface area contributed by atoms with Gasteiger partial charge in [-0.1, -0.05) is 55.3 Å². The Morgan fingerprint density at radius 1 is 1.38 bits per heavy atom. The van der Waals surface area contributed by atoms with E-state index in [4.69, 9.17) is 16.3 Å². The van der Waals surface area contributed by atoms with Gasteiger partial charge < -0.3 is 4.74 Å². The fourth-order valence-corrected chi connectivity index (χ4v) is 1.31. The van der Waals surface area contributed by atoms with Crippen molar-refractivity contribution in [3.8, 4) is 0 Å².